The van der Waals surface area contributed by atoms with Crippen molar-refractivity contribution in [2.45, 2.75) is 25.7 Å². The standard InChI is InChI=1S/C15H16ClFO/c16-9-3-6-12-7-8-14(17)15(10-12)18-11-13-4-1-2-5-13/h7-8,10,13H,1-2,4-5,9,11H2. The Morgan fingerprint density at radius 3 is 2.83 bits per heavy atom. The highest BCUT2D eigenvalue weighted by Crippen LogP contribution is 2.26. The maximum Gasteiger partial charge on any atom is 0.165 e. The average Bonchev–Trinajstić information content (AvgIpc) is 2.89. The number of rotatable bonds is 3. The van der Waals surface area contributed by atoms with Crippen molar-refractivity contribution in [2.24, 2.45) is 5.92 Å². The molecule has 0 aliphatic heterocycles. The van der Waals surface area contributed by atoms with Crippen LogP contribution in [0.15, 0.2) is 18.2 Å². The largest absolute Gasteiger partial charge is 0.490 e. The van der Waals surface area contributed by atoms with Gasteiger partial charge in [-0.3, -0.25) is 0 Å². The van der Waals surface area contributed by atoms with Crippen LogP contribution >= 0.6 is 11.6 Å². The Labute approximate surface area is 112 Å². The zero-order chi connectivity index (χ0) is 12.8. The summed E-state index contributed by atoms with van der Waals surface area (Å²) < 4.78 is 19.1. The Hall–Kier alpha value is -1.20. The topological polar surface area (TPSA) is 9.23 Å². The Morgan fingerprint density at radius 1 is 1.33 bits per heavy atom. The second-order valence-electron chi connectivity index (χ2n) is 4.54. The molecular weight excluding hydrogens is 251 g/mol. The summed E-state index contributed by atoms with van der Waals surface area (Å²) in [4.78, 5) is 0. The minimum atomic E-state index is -0.329. The minimum absolute atomic E-state index is 0.273. The van der Waals surface area contributed by atoms with Crippen molar-refractivity contribution in [2.75, 3.05) is 12.5 Å². The van der Waals surface area contributed by atoms with E-state index in [0.29, 0.717) is 18.3 Å². The highest BCUT2D eigenvalue weighted by Gasteiger charge is 2.16. The molecular formula is C15H16ClFO. The van der Waals surface area contributed by atoms with Crippen LogP contribution in [0.4, 0.5) is 4.39 Å². The van der Waals surface area contributed by atoms with Crippen molar-refractivity contribution >= 4 is 11.6 Å². The van der Waals surface area contributed by atoms with Crippen LogP contribution in [-0.4, -0.2) is 12.5 Å². The molecule has 0 unspecified atom stereocenters. The Bertz CT molecular complexity index is 455. The molecule has 1 aromatic rings. The van der Waals surface area contributed by atoms with Crippen LogP contribution in [-0.2, 0) is 0 Å². The third-order valence-electron chi connectivity index (χ3n) is 3.18. The molecule has 1 fully saturated rings. The van der Waals surface area contributed by atoms with Crippen molar-refractivity contribution in [1.29, 1.82) is 0 Å². The van der Waals surface area contributed by atoms with E-state index in [9.17, 15) is 4.39 Å². The molecule has 0 saturated heterocycles. The first-order valence-electron chi connectivity index (χ1n) is 6.27. The molecule has 96 valence electrons. The van der Waals surface area contributed by atoms with Gasteiger partial charge in [-0.2, -0.15) is 0 Å². The lowest BCUT2D eigenvalue weighted by Gasteiger charge is -2.12. The highest BCUT2D eigenvalue weighted by molar-refractivity contribution is 6.19. The predicted octanol–water partition coefficient (Wildman–Crippen LogP) is 3.99. The number of benzene rings is 1. The van der Waals surface area contributed by atoms with E-state index in [1.165, 1.54) is 31.7 Å². The molecule has 3 heteroatoms. The van der Waals surface area contributed by atoms with Crippen molar-refractivity contribution in [3.8, 4) is 17.6 Å². The number of hydrogen-bond acceptors (Lipinski definition) is 1. The molecule has 1 aromatic carbocycles. The summed E-state index contributed by atoms with van der Waals surface area (Å²) in [7, 11) is 0. The van der Waals surface area contributed by atoms with Gasteiger partial charge in [-0.15, -0.1) is 11.6 Å². The maximum absolute atomic E-state index is 13.6. The SMILES string of the molecule is Fc1ccc(C#CCCl)cc1OCC1CCCC1. The molecule has 0 N–H and O–H groups in total. The minimum Gasteiger partial charge on any atom is -0.490 e. The fourth-order valence-electron chi connectivity index (χ4n) is 2.21. The molecule has 0 radical (unpaired) electrons. The molecule has 1 nitrogen and oxygen atoms in total. The third-order valence-corrected chi connectivity index (χ3v) is 3.31. The van der Waals surface area contributed by atoms with Crippen molar-refractivity contribution in [1.82, 2.24) is 0 Å². The molecule has 18 heavy (non-hydrogen) atoms. The average molecular weight is 267 g/mol. The van der Waals surface area contributed by atoms with Gasteiger partial charge in [0.2, 0.25) is 0 Å². The second-order valence-corrected chi connectivity index (χ2v) is 4.81. The summed E-state index contributed by atoms with van der Waals surface area (Å²) in [5, 5.41) is 0. The number of ether oxygens (including phenoxy) is 1. The zero-order valence-electron chi connectivity index (χ0n) is 10.2. The Kier molecular flexibility index (Phi) is 4.90. The van der Waals surface area contributed by atoms with E-state index < -0.39 is 0 Å². The maximum atomic E-state index is 13.6. The Morgan fingerprint density at radius 2 is 2.11 bits per heavy atom. The molecule has 1 aliphatic carbocycles. The lowest BCUT2D eigenvalue weighted by atomic mass is 10.1. The van der Waals surface area contributed by atoms with Gasteiger partial charge >= 0.3 is 0 Å². The lowest BCUT2D eigenvalue weighted by Crippen LogP contribution is -2.09. The van der Waals surface area contributed by atoms with E-state index >= 15 is 0 Å². The van der Waals surface area contributed by atoms with Gasteiger partial charge < -0.3 is 4.74 Å². The quantitative estimate of drug-likeness (QED) is 0.594. The lowest BCUT2D eigenvalue weighted by molar-refractivity contribution is 0.242. The normalized spacial score (nSPS) is 15.2. The van der Waals surface area contributed by atoms with Crippen LogP contribution in [0.5, 0.6) is 5.75 Å². The number of hydrogen-bond donors (Lipinski definition) is 0. The van der Waals surface area contributed by atoms with Gasteiger partial charge in [0, 0.05) is 5.56 Å². The van der Waals surface area contributed by atoms with E-state index in [1.807, 2.05) is 0 Å². The summed E-state index contributed by atoms with van der Waals surface area (Å²) >= 11 is 5.49. The molecule has 2 rings (SSSR count). The van der Waals surface area contributed by atoms with Crippen LogP contribution in [0.25, 0.3) is 0 Å². The molecule has 0 heterocycles. The third kappa shape index (κ3) is 3.65. The molecule has 0 bridgehead atoms. The smallest absolute Gasteiger partial charge is 0.165 e. The predicted molar refractivity (Wildman–Crippen MR) is 71.5 cm³/mol. The van der Waals surface area contributed by atoms with Crippen molar-refractivity contribution in [3.05, 3.63) is 29.6 Å². The summed E-state index contributed by atoms with van der Waals surface area (Å²) in [5.74, 6) is 6.42. The van der Waals surface area contributed by atoms with Crippen molar-refractivity contribution in [3.63, 3.8) is 0 Å². The van der Waals surface area contributed by atoms with E-state index in [1.54, 1.807) is 12.1 Å². The molecule has 1 aliphatic rings. The van der Waals surface area contributed by atoms with Gasteiger partial charge in [0.1, 0.15) is 0 Å². The van der Waals surface area contributed by atoms with Gasteiger partial charge in [0.15, 0.2) is 11.6 Å². The summed E-state index contributed by atoms with van der Waals surface area (Å²) in [6, 6.07) is 4.67. The summed E-state index contributed by atoms with van der Waals surface area (Å²) in [6.45, 7) is 0.601. The van der Waals surface area contributed by atoms with Gasteiger partial charge in [-0.05, 0) is 37.0 Å². The first-order chi connectivity index (χ1) is 8.79. The van der Waals surface area contributed by atoms with Crippen LogP contribution in [0.1, 0.15) is 31.2 Å². The highest BCUT2D eigenvalue weighted by atomic mass is 35.5. The van der Waals surface area contributed by atoms with E-state index in [0.717, 1.165) is 5.56 Å². The monoisotopic (exact) mass is 266 g/mol. The van der Waals surface area contributed by atoms with Crippen LogP contribution in [0, 0.1) is 23.6 Å². The fourth-order valence-corrected chi connectivity index (χ4v) is 2.28. The van der Waals surface area contributed by atoms with Gasteiger partial charge in [-0.25, -0.2) is 4.39 Å². The summed E-state index contributed by atoms with van der Waals surface area (Å²) in [5.41, 5.74) is 0.735. The first-order valence-corrected chi connectivity index (χ1v) is 6.80. The van der Waals surface area contributed by atoms with Gasteiger partial charge in [0.05, 0.1) is 12.5 Å². The molecule has 0 atom stereocenters. The number of alkyl halides is 1. The number of halogens is 2. The fraction of sp³-hybridized carbons (Fsp3) is 0.467. The van der Waals surface area contributed by atoms with Crippen LogP contribution in [0.2, 0.25) is 0 Å². The van der Waals surface area contributed by atoms with E-state index in [-0.39, 0.29) is 11.7 Å². The van der Waals surface area contributed by atoms with Gasteiger partial charge in [0.25, 0.3) is 0 Å². The van der Waals surface area contributed by atoms with Crippen LogP contribution < -0.4 is 4.74 Å². The van der Waals surface area contributed by atoms with Crippen LogP contribution in [0.3, 0.4) is 0 Å². The molecule has 1 saturated carbocycles. The summed E-state index contributed by atoms with van der Waals surface area (Å²) in [6.07, 6.45) is 4.90. The van der Waals surface area contributed by atoms with Gasteiger partial charge in [-0.1, -0.05) is 24.7 Å². The molecule has 0 spiro atoms. The Balaban J connectivity index is 2.01. The first kappa shape index (κ1) is 13.2. The van der Waals surface area contributed by atoms with Crippen molar-refractivity contribution < 1.29 is 9.13 Å². The van der Waals surface area contributed by atoms with E-state index in [2.05, 4.69) is 11.8 Å². The van der Waals surface area contributed by atoms with E-state index in [4.69, 9.17) is 16.3 Å². The zero-order valence-corrected chi connectivity index (χ0v) is 11.0. The second kappa shape index (κ2) is 6.66. The molecule has 0 amide bonds. The molecule has 0 aromatic heterocycles.